The third-order valence-electron chi connectivity index (χ3n) is 3.18. The molecule has 1 aromatic carbocycles. The number of ether oxygens (including phenoxy) is 2. The van der Waals surface area contributed by atoms with E-state index in [-0.39, 0.29) is 36.1 Å². The van der Waals surface area contributed by atoms with E-state index in [2.05, 4.69) is 10.3 Å². The largest absolute Gasteiger partial charge is 0.502 e. The number of amides is 1. The van der Waals surface area contributed by atoms with Crippen LogP contribution in [0.15, 0.2) is 30.5 Å². The zero-order valence-corrected chi connectivity index (χ0v) is 13.6. The number of methoxy groups -OCH3 is 2. The molecule has 1 aromatic heterocycles. The highest BCUT2D eigenvalue weighted by Gasteiger charge is 2.12. The predicted octanol–water partition coefficient (Wildman–Crippen LogP) is 2.32. The molecular formula is C16H17ClN2O4. The van der Waals surface area contributed by atoms with Crippen molar-refractivity contribution in [3.63, 3.8) is 0 Å². The van der Waals surface area contributed by atoms with E-state index in [1.165, 1.54) is 14.2 Å². The fraction of sp³-hybridized carbons (Fsp3) is 0.250. The summed E-state index contributed by atoms with van der Waals surface area (Å²) in [6.45, 7) is 0.285. The van der Waals surface area contributed by atoms with Crippen LogP contribution in [0.3, 0.4) is 0 Å². The Morgan fingerprint density at radius 2 is 1.87 bits per heavy atom. The van der Waals surface area contributed by atoms with Crippen molar-refractivity contribution in [3.8, 4) is 17.2 Å². The first-order valence-electron chi connectivity index (χ1n) is 6.84. The standard InChI is InChI=1S/C16H17ClN2O4/c1-22-12-5-11(6-13(23-2)16(12)21)9-19-15(20)7-10-3-4-14(17)18-8-10/h3-6,8,21H,7,9H2,1-2H3,(H,19,20). The Kier molecular flexibility index (Phi) is 5.65. The van der Waals surface area contributed by atoms with Crippen LogP contribution in [0.25, 0.3) is 0 Å². The number of benzene rings is 1. The molecule has 2 rings (SSSR count). The molecule has 0 atom stereocenters. The number of carbonyl (C=O) groups is 1. The van der Waals surface area contributed by atoms with E-state index in [9.17, 15) is 9.90 Å². The highest BCUT2D eigenvalue weighted by Crippen LogP contribution is 2.36. The molecule has 0 saturated carbocycles. The third kappa shape index (κ3) is 4.50. The number of phenolic OH excluding ortho intramolecular Hbond substituents is 1. The first kappa shape index (κ1) is 16.9. The summed E-state index contributed by atoms with van der Waals surface area (Å²) < 4.78 is 10.2. The number of hydrogen-bond acceptors (Lipinski definition) is 5. The maximum Gasteiger partial charge on any atom is 0.224 e. The molecule has 0 aliphatic carbocycles. The molecular weight excluding hydrogens is 320 g/mol. The Bertz CT molecular complexity index is 664. The maximum absolute atomic E-state index is 12.0. The molecule has 6 nitrogen and oxygen atoms in total. The van der Waals surface area contributed by atoms with Crippen LogP contribution in [0.4, 0.5) is 0 Å². The van der Waals surface area contributed by atoms with Crippen molar-refractivity contribution in [3.05, 3.63) is 46.7 Å². The van der Waals surface area contributed by atoms with E-state index in [0.717, 1.165) is 11.1 Å². The van der Waals surface area contributed by atoms with Gasteiger partial charge >= 0.3 is 0 Å². The van der Waals surface area contributed by atoms with Crippen LogP contribution in [-0.4, -0.2) is 30.2 Å². The average molecular weight is 337 g/mol. The smallest absolute Gasteiger partial charge is 0.224 e. The van der Waals surface area contributed by atoms with E-state index in [0.29, 0.717) is 5.15 Å². The summed E-state index contributed by atoms with van der Waals surface area (Å²) in [5, 5.41) is 13.0. The van der Waals surface area contributed by atoms with Gasteiger partial charge in [-0.15, -0.1) is 0 Å². The molecule has 0 spiro atoms. The normalized spacial score (nSPS) is 10.2. The van der Waals surface area contributed by atoms with E-state index >= 15 is 0 Å². The van der Waals surface area contributed by atoms with Crippen LogP contribution in [0.5, 0.6) is 17.2 Å². The first-order valence-corrected chi connectivity index (χ1v) is 7.22. The van der Waals surface area contributed by atoms with Crippen LogP contribution >= 0.6 is 11.6 Å². The highest BCUT2D eigenvalue weighted by atomic mass is 35.5. The Morgan fingerprint density at radius 1 is 1.22 bits per heavy atom. The molecule has 7 heteroatoms. The number of carbonyl (C=O) groups excluding carboxylic acids is 1. The van der Waals surface area contributed by atoms with Crippen molar-refractivity contribution < 1.29 is 19.4 Å². The van der Waals surface area contributed by atoms with Gasteiger partial charge in [-0.1, -0.05) is 17.7 Å². The lowest BCUT2D eigenvalue weighted by molar-refractivity contribution is -0.120. The lowest BCUT2D eigenvalue weighted by Crippen LogP contribution is -2.24. The Morgan fingerprint density at radius 3 is 2.39 bits per heavy atom. The van der Waals surface area contributed by atoms with Crippen LogP contribution in [0, 0.1) is 0 Å². The van der Waals surface area contributed by atoms with Gasteiger partial charge in [0.05, 0.1) is 20.6 Å². The Balaban J connectivity index is 1.99. The van der Waals surface area contributed by atoms with Crippen molar-refractivity contribution >= 4 is 17.5 Å². The third-order valence-corrected chi connectivity index (χ3v) is 3.41. The summed E-state index contributed by atoms with van der Waals surface area (Å²) in [6, 6.07) is 6.67. The molecule has 1 amide bonds. The van der Waals surface area contributed by atoms with Gasteiger partial charge in [0, 0.05) is 12.7 Å². The average Bonchev–Trinajstić information content (AvgIpc) is 2.56. The minimum absolute atomic E-state index is 0.0719. The van der Waals surface area contributed by atoms with Crippen molar-refractivity contribution in [2.24, 2.45) is 0 Å². The molecule has 0 bridgehead atoms. The Labute approximate surface area is 139 Å². The summed E-state index contributed by atoms with van der Waals surface area (Å²) in [7, 11) is 2.90. The number of phenols is 1. The summed E-state index contributed by atoms with van der Waals surface area (Å²) in [6.07, 6.45) is 1.77. The lowest BCUT2D eigenvalue weighted by atomic mass is 10.1. The number of nitrogens with one attached hydrogen (secondary N) is 1. The quantitative estimate of drug-likeness (QED) is 0.791. The van der Waals surface area contributed by atoms with Gasteiger partial charge in [0.2, 0.25) is 11.7 Å². The molecule has 23 heavy (non-hydrogen) atoms. The van der Waals surface area contributed by atoms with E-state index in [1.807, 2.05) is 0 Å². The first-order chi connectivity index (χ1) is 11.0. The second kappa shape index (κ2) is 7.69. The van der Waals surface area contributed by atoms with Gasteiger partial charge in [-0.3, -0.25) is 4.79 Å². The number of rotatable bonds is 6. The zero-order chi connectivity index (χ0) is 16.8. The van der Waals surface area contributed by atoms with Gasteiger partial charge in [0.25, 0.3) is 0 Å². The van der Waals surface area contributed by atoms with E-state index < -0.39 is 0 Å². The van der Waals surface area contributed by atoms with Crippen LogP contribution in [0.2, 0.25) is 5.15 Å². The second-order valence-electron chi connectivity index (χ2n) is 4.79. The van der Waals surface area contributed by atoms with Gasteiger partial charge in [-0.05, 0) is 29.3 Å². The zero-order valence-electron chi connectivity index (χ0n) is 12.8. The van der Waals surface area contributed by atoms with Crippen molar-refractivity contribution in [1.29, 1.82) is 0 Å². The molecule has 0 saturated heterocycles. The summed E-state index contributed by atoms with van der Waals surface area (Å²) in [4.78, 5) is 15.9. The SMILES string of the molecule is COc1cc(CNC(=O)Cc2ccc(Cl)nc2)cc(OC)c1O. The molecule has 0 fully saturated rings. The lowest BCUT2D eigenvalue weighted by Gasteiger charge is -2.12. The molecule has 0 aliphatic heterocycles. The predicted molar refractivity (Wildman–Crippen MR) is 86.0 cm³/mol. The van der Waals surface area contributed by atoms with Crippen molar-refractivity contribution in [1.82, 2.24) is 10.3 Å². The highest BCUT2D eigenvalue weighted by molar-refractivity contribution is 6.29. The van der Waals surface area contributed by atoms with E-state index in [4.69, 9.17) is 21.1 Å². The molecule has 122 valence electrons. The van der Waals surface area contributed by atoms with Crippen LogP contribution in [0.1, 0.15) is 11.1 Å². The van der Waals surface area contributed by atoms with Crippen molar-refractivity contribution in [2.45, 2.75) is 13.0 Å². The number of nitrogens with zero attached hydrogens (tertiary/aromatic N) is 1. The number of hydrogen-bond donors (Lipinski definition) is 2. The van der Waals surface area contributed by atoms with Gasteiger partial charge in [-0.25, -0.2) is 4.98 Å². The topological polar surface area (TPSA) is 80.7 Å². The fourth-order valence-corrected chi connectivity index (χ4v) is 2.12. The molecule has 2 N–H and O–H groups in total. The number of pyridine rings is 1. The van der Waals surface area contributed by atoms with Gasteiger partial charge in [0.1, 0.15) is 5.15 Å². The number of aromatic nitrogens is 1. The fourth-order valence-electron chi connectivity index (χ4n) is 2.01. The van der Waals surface area contributed by atoms with Crippen molar-refractivity contribution in [2.75, 3.05) is 14.2 Å². The molecule has 0 unspecified atom stereocenters. The summed E-state index contributed by atoms with van der Waals surface area (Å²) in [5.41, 5.74) is 1.52. The van der Waals surface area contributed by atoms with Gasteiger partial charge in [0.15, 0.2) is 11.5 Å². The van der Waals surface area contributed by atoms with Crippen LogP contribution < -0.4 is 14.8 Å². The van der Waals surface area contributed by atoms with Gasteiger partial charge < -0.3 is 19.9 Å². The molecule has 0 radical (unpaired) electrons. The maximum atomic E-state index is 12.0. The number of halogens is 1. The molecule has 2 aromatic rings. The molecule has 1 heterocycles. The summed E-state index contributed by atoms with van der Waals surface area (Å²) >= 11 is 5.70. The van der Waals surface area contributed by atoms with Crippen LogP contribution in [-0.2, 0) is 17.8 Å². The summed E-state index contributed by atoms with van der Waals surface area (Å²) in [5.74, 6) is 0.350. The minimum Gasteiger partial charge on any atom is -0.502 e. The van der Waals surface area contributed by atoms with E-state index in [1.54, 1.807) is 30.5 Å². The van der Waals surface area contributed by atoms with Gasteiger partial charge in [-0.2, -0.15) is 0 Å². The number of aromatic hydroxyl groups is 1. The Hall–Kier alpha value is -2.47. The monoisotopic (exact) mass is 336 g/mol. The second-order valence-corrected chi connectivity index (χ2v) is 5.18. The molecule has 0 aliphatic rings. The minimum atomic E-state index is -0.153.